The first kappa shape index (κ1) is 22.1. The fourth-order valence-corrected chi connectivity index (χ4v) is 3.31. The second-order valence-corrected chi connectivity index (χ2v) is 7.19. The van der Waals surface area contributed by atoms with Crippen molar-refractivity contribution in [3.05, 3.63) is 84.3 Å². The van der Waals surface area contributed by atoms with E-state index in [1.54, 1.807) is 30.3 Å². The molecule has 0 aliphatic rings. The summed E-state index contributed by atoms with van der Waals surface area (Å²) in [6.07, 6.45) is 0.148. The molecule has 0 aliphatic heterocycles. The smallest absolute Gasteiger partial charge is 0.227 e. The van der Waals surface area contributed by atoms with Crippen molar-refractivity contribution in [1.82, 2.24) is 10.1 Å². The van der Waals surface area contributed by atoms with Crippen LogP contribution >= 0.6 is 0 Å². The molecule has 3 aromatic carbocycles. The van der Waals surface area contributed by atoms with Gasteiger partial charge in [-0.15, -0.1) is 0 Å². The molecule has 1 aromatic heterocycles. The summed E-state index contributed by atoms with van der Waals surface area (Å²) in [4.78, 5) is 16.8. The van der Waals surface area contributed by atoms with Gasteiger partial charge in [0.2, 0.25) is 17.6 Å². The molecule has 168 valence electrons. The van der Waals surface area contributed by atoms with Crippen molar-refractivity contribution in [2.75, 3.05) is 11.9 Å². The van der Waals surface area contributed by atoms with Gasteiger partial charge >= 0.3 is 0 Å². The normalized spacial score (nSPS) is 10.8. The summed E-state index contributed by atoms with van der Waals surface area (Å²) in [5.41, 5.74) is 1.52. The number of hydrogen-bond donors (Lipinski definition) is 1. The first-order valence-electron chi connectivity index (χ1n) is 10.4. The van der Waals surface area contributed by atoms with Crippen molar-refractivity contribution < 1.29 is 22.8 Å². The van der Waals surface area contributed by atoms with Gasteiger partial charge in [-0.1, -0.05) is 35.5 Å². The van der Waals surface area contributed by atoms with E-state index >= 15 is 0 Å². The number of anilines is 1. The van der Waals surface area contributed by atoms with Crippen LogP contribution in [0.25, 0.3) is 22.5 Å². The average molecular weight is 449 g/mol. The van der Waals surface area contributed by atoms with Crippen molar-refractivity contribution in [3.63, 3.8) is 0 Å². The monoisotopic (exact) mass is 449 g/mol. The van der Waals surface area contributed by atoms with E-state index in [2.05, 4.69) is 15.5 Å². The van der Waals surface area contributed by atoms with E-state index < -0.39 is 17.5 Å². The first-order chi connectivity index (χ1) is 16.0. The zero-order chi connectivity index (χ0) is 23.2. The average Bonchev–Trinajstić information content (AvgIpc) is 3.30. The van der Waals surface area contributed by atoms with Crippen LogP contribution in [-0.4, -0.2) is 22.7 Å². The number of rotatable bonds is 8. The van der Waals surface area contributed by atoms with E-state index in [4.69, 9.17) is 9.26 Å². The molecule has 4 rings (SSSR count). The minimum atomic E-state index is -0.849. The Bertz CT molecular complexity index is 1240. The van der Waals surface area contributed by atoms with Crippen molar-refractivity contribution in [2.24, 2.45) is 0 Å². The number of amides is 1. The molecule has 0 spiro atoms. The molecule has 0 aliphatic carbocycles. The molecule has 1 heterocycles. The Morgan fingerprint density at radius 2 is 1.79 bits per heavy atom. The van der Waals surface area contributed by atoms with Crippen LogP contribution < -0.4 is 10.1 Å². The third-order valence-electron chi connectivity index (χ3n) is 4.86. The molecule has 0 saturated heterocycles. The van der Waals surface area contributed by atoms with E-state index in [1.165, 1.54) is 6.07 Å². The number of nitrogens with one attached hydrogen (secondary N) is 1. The summed E-state index contributed by atoms with van der Waals surface area (Å²) < 4.78 is 38.9. The fourth-order valence-electron chi connectivity index (χ4n) is 3.31. The van der Waals surface area contributed by atoms with E-state index in [0.29, 0.717) is 18.0 Å². The van der Waals surface area contributed by atoms with Crippen molar-refractivity contribution in [3.8, 4) is 28.3 Å². The van der Waals surface area contributed by atoms with E-state index in [1.807, 2.05) is 31.2 Å². The molecule has 6 nitrogen and oxygen atoms in total. The van der Waals surface area contributed by atoms with Crippen LogP contribution in [0.4, 0.5) is 14.5 Å². The Morgan fingerprint density at radius 1 is 1.03 bits per heavy atom. The van der Waals surface area contributed by atoms with E-state index in [0.717, 1.165) is 17.4 Å². The lowest BCUT2D eigenvalue weighted by Crippen LogP contribution is -2.14. The van der Waals surface area contributed by atoms with E-state index in [9.17, 15) is 13.6 Å². The van der Waals surface area contributed by atoms with Crippen molar-refractivity contribution >= 4 is 11.6 Å². The van der Waals surface area contributed by atoms with Gasteiger partial charge in [0.05, 0.1) is 12.3 Å². The van der Waals surface area contributed by atoms with Crippen LogP contribution in [0.15, 0.2) is 71.3 Å². The number of hydrogen-bond acceptors (Lipinski definition) is 5. The summed E-state index contributed by atoms with van der Waals surface area (Å²) in [6.45, 7) is 2.48. The molecule has 4 aromatic rings. The number of carbonyl (C=O) groups is 1. The van der Waals surface area contributed by atoms with Crippen LogP contribution in [0.5, 0.6) is 5.75 Å². The highest BCUT2D eigenvalue weighted by Gasteiger charge is 2.17. The van der Waals surface area contributed by atoms with Gasteiger partial charge in [-0.2, -0.15) is 4.98 Å². The number of aromatic nitrogens is 2. The summed E-state index contributed by atoms with van der Waals surface area (Å²) in [6, 6.07) is 17.9. The summed E-state index contributed by atoms with van der Waals surface area (Å²) in [5, 5.41) is 6.49. The van der Waals surface area contributed by atoms with E-state index in [-0.39, 0.29) is 30.0 Å². The molecule has 1 N–H and O–H groups in total. The largest absolute Gasteiger partial charge is 0.494 e. The highest BCUT2D eigenvalue weighted by Crippen LogP contribution is 2.31. The van der Waals surface area contributed by atoms with Gasteiger partial charge in [-0.05, 0) is 42.8 Å². The molecule has 0 radical (unpaired) electrons. The Balaban J connectivity index is 1.43. The lowest BCUT2D eigenvalue weighted by Gasteiger charge is -2.12. The summed E-state index contributed by atoms with van der Waals surface area (Å²) in [7, 11) is 0. The van der Waals surface area contributed by atoms with Crippen molar-refractivity contribution in [2.45, 2.75) is 19.8 Å². The summed E-state index contributed by atoms with van der Waals surface area (Å²) in [5.74, 6) is -0.626. The van der Waals surface area contributed by atoms with Gasteiger partial charge in [-0.3, -0.25) is 4.79 Å². The molecule has 0 bridgehead atoms. The molecule has 1 amide bonds. The quantitative estimate of drug-likeness (QED) is 0.376. The summed E-state index contributed by atoms with van der Waals surface area (Å²) >= 11 is 0. The van der Waals surface area contributed by atoms with Gasteiger partial charge in [0.1, 0.15) is 17.4 Å². The lowest BCUT2D eigenvalue weighted by atomic mass is 10.0. The number of ether oxygens (including phenoxy) is 1. The van der Waals surface area contributed by atoms with Crippen LogP contribution in [0.2, 0.25) is 0 Å². The number of nitrogens with zero attached hydrogens (tertiary/aromatic N) is 2. The van der Waals surface area contributed by atoms with Crippen LogP contribution in [0, 0.1) is 11.6 Å². The third kappa shape index (κ3) is 5.41. The minimum absolute atomic E-state index is 0.0179. The van der Waals surface area contributed by atoms with Crippen LogP contribution in [0.3, 0.4) is 0 Å². The van der Waals surface area contributed by atoms with Crippen LogP contribution in [-0.2, 0) is 11.2 Å². The number of carbonyl (C=O) groups excluding carboxylic acids is 1. The molecule has 0 unspecified atom stereocenters. The Labute approximate surface area is 189 Å². The number of aryl methyl sites for hydroxylation is 1. The number of benzene rings is 3. The molecule has 8 heteroatoms. The Hall–Kier alpha value is -4.07. The predicted molar refractivity (Wildman–Crippen MR) is 120 cm³/mol. The molecule has 0 fully saturated rings. The highest BCUT2D eigenvalue weighted by atomic mass is 19.1. The Kier molecular flexibility index (Phi) is 6.73. The fraction of sp³-hybridized carbons (Fsp3) is 0.160. The predicted octanol–water partition coefficient (Wildman–Crippen LogP) is 5.65. The van der Waals surface area contributed by atoms with Gasteiger partial charge < -0.3 is 14.6 Å². The molecular formula is C25H21F2N3O3. The second-order valence-electron chi connectivity index (χ2n) is 7.19. The van der Waals surface area contributed by atoms with Gasteiger partial charge in [0, 0.05) is 30.0 Å². The zero-order valence-electron chi connectivity index (χ0n) is 17.8. The zero-order valence-corrected chi connectivity index (χ0v) is 17.8. The Morgan fingerprint density at radius 3 is 2.52 bits per heavy atom. The van der Waals surface area contributed by atoms with Crippen LogP contribution in [0.1, 0.15) is 19.2 Å². The lowest BCUT2D eigenvalue weighted by molar-refractivity contribution is -0.116. The highest BCUT2D eigenvalue weighted by molar-refractivity contribution is 5.95. The topological polar surface area (TPSA) is 77.2 Å². The molecule has 0 atom stereocenters. The molecule has 33 heavy (non-hydrogen) atoms. The number of halogens is 2. The second kappa shape index (κ2) is 10.0. The van der Waals surface area contributed by atoms with Crippen molar-refractivity contribution in [1.29, 1.82) is 0 Å². The maximum Gasteiger partial charge on any atom is 0.227 e. The minimum Gasteiger partial charge on any atom is -0.494 e. The molecular weight excluding hydrogens is 428 g/mol. The standard InChI is InChI=1S/C25H21F2N3O3/c1-2-32-19-10-8-17(9-11-19)25-29-23(33-30-25)13-12-22(31)28-24-20(14-18(26)15-21(24)27)16-6-4-3-5-7-16/h3-11,14-15H,2,12-13H2,1H3,(H,28,31). The van der Waals surface area contributed by atoms with Gasteiger partial charge in [-0.25, -0.2) is 8.78 Å². The first-order valence-corrected chi connectivity index (χ1v) is 10.4. The van der Waals surface area contributed by atoms with Gasteiger partial charge in [0.15, 0.2) is 0 Å². The molecule has 0 saturated carbocycles. The SMILES string of the molecule is CCOc1ccc(-c2noc(CCC(=O)Nc3c(F)cc(F)cc3-c3ccccc3)n2)cc1. The maximum atomic E-state index is 14.5. The maximum absolute atomic E-state index is 14.5. The van der Waals surface area contributed by atoms with Gasteiger partial charge in [0.25, 0.3) is 0 Å². The third-order valence-corrected chi connectivity index (χ3v) is 4.86.